The molecule has 0 spiro atoms. The molecule has 1 aliphatic rings. The number of hydrogen-bond acceptors (Lipinski definition) is 4. The summed E-state index contributed by atoms with van der Waals surface area (Å²) in [6, 6.07) is 14.2. The number of benzene rings is 2. The molecule has 1 saturated heterocycles. The Labute approximate surface area is 159 Å². The fraction of sp³-hybridized carbons (Fsp3) is 0.381. The van der Waals surface area contributed by atoms with Crippen molar-refractivity contribution in [1.29, 1.82) is 0 Å². The molecule has 1 heterocycles. The van der Waals surface area contributed by atoms with Gasteiger partial charge in [0.2, 0.25) is 5.91 Å². The zero-order valence-electron chi connectivity index (χ0n) is 15.8. The molecule has 6 heteroatoms. The molecule has 0 saturated carbocycles. The number of anilines is 1. The molecule has 1 fully saturated rings. The van der Waals surface area contributed by atoms with Crippen molar-refractivity contribution in [3.63, 3.8) is 0 Å². The van der Waals surface area contributed by atoms with Gasteiger partial charge in [-0.1, -0.05) is 30.3 Å². The molecule has 0 radical (unpaired) electrons. The molecule has 27 heavy (non-hydrogen) atoms. The molecule has 3 rings (SSSR count). The Kier molecular flexibility index (Phi) is 6.29. The van der Waals surface area contributed by atoms with E-state index in [-0.39, 0.29) is 24.3 Å². The monoisotopic (exact) mass is 371 g/mol. The first-order valence-corrected chi connectivity index (χ1v) is 9.23. The summed E-state index contributed by atoms with van der Waals surface area (Å²) >= 11 is 0. The van der Waals surface area contributed by atoms with Gasteiger partial charge in [-0.3, -0.25) is 9.69 Å². The number of hydrogen-bond donors (Lipinski definition) is 1. The van der Waals surface area contributed by atoms with Crippen LogP contribution < -0.4 is 15.0 Å². The van der Waals surface area contributed by atoms with Crippen molar-refractivity contribution in [2.24, 2.45) is 0 Å². The average molecular weight is 371 g/mol. The summed E-state index contributed by atoms with van der Waals surface area (Å²) < 4.78 is 19.1. The molecular formula is C21H26FN3O2. The number of amides is 1. The largest absolute Gasteiger partial charge is 0.495 e. The summed E-state index contributed by atoms with van der Waals surface area (Å²) in [5, 5.41) is 2.84. The molecule has 5 nitrogen and oxygen atoms in total. The number of para-hydroxylation sites is 2. The summed E-state index contributed by atoms with van der Waals surface area (Å²) in [5.74, 6) is 0.487. The van der Waals surface area contributed by atoms with Crippen molar-refractivity contribution < 1.29 is 13.9 Å². The summed E-state index contributed by atoms with van der Waals surface area (Å²) in [7, 11) is 1.68. The molecule has 1 atom stereocenters. The van der Waals surface area contributed by atoms with Crippen molar-refractivity contribution in [1.82, 2.24) is 10.2 Å². The summed E-state index contributed by atoms with van der Waals surface area (Å²) in [5.41, 5.74) is 1.58. The molecule has 144 valence electrons. The van der Waals surface area contributed by atoms with Crippen LogP contribution in [0.5, 0.6) is 5.75 Å². The minimum absolute atomic E-state index is 0.0796. The van der Waals surface area contributed by atoms with Crippen LogP contribution in [0, 0.1) is 5.82 Å². The lowest BCUT2D eigenvalue weighted by atomic mass is 10.1. The van der Waals surface area contributed by atoms with Crippen LogP contribution in [0.1, 0.15) is 12.5 Å². The van der Waals surface area contributed by atoms with Gasteiger partial charge in [0.1, 0.15) is 11.6 Å². The molecule has 2 aromatic rings. The number of carbonyl (C=O) groups is 1. The Morgan fingerprint density at radius 2 is 1.78 bits per heavy atom. The SMILES string of the molecule is COc1ccccc1N1CCN([C@@H](C)C(=O)NCc2ccccc2F)CC1. The third kappa shape index (κ3) is 4.57. The predicted octanol–water partition coefficient (Wildman–Crippen LogP) is 2.66. The van der Waals surface area contributed by atoms with Gasteiger partial charge in [0.05, 0.1) is 18.8 Å². The van der Waals surface area contributed by atoms with E-state index in [0.29, 0.717) is 5.56 Å². The zero-order chi connectivity index (χ0) is 19.2. The molecule has 0 unspecified atom stereocenters. The molecule has 1 N–H and O–H groups in total. The Hall–Kier alpha value is -2.60. The van der Waals surface area contributed by atoms with E-state index >= 15 is 0 Å². The van der Waals surface area contributed by atoms with Gasteiger partial charge < -0.3 is 15.0 Å². The molecule has 2 aromatic carbocycles. The second-order valence-electron chi connectivity index (χ2n) is 6.68. The first kappa shape index (κ1) is 19.2. The molecule has 0 bridgehead atoms. The summed E-state index contributed by atoms with van der Waals surface area (Å²) in [6.07, 6.45) is 0. The summed E-state index contributed by atoms with van der Waals surface area (Å²) in [4.78, 5) is 16.9. The van der Waals surface area contributed by atoms with E-state index < -0.39 is 0 Å². The molecule has 1 aliphatic heterocycles. The number of piperazine rings is 1. The highest BCUT2D eigenvalue weighted by atomic mass is 19.1. The minimum Gasteiger partial charge on any atom is -0.495 e. The number of methoxy groups -OCH3 is 1. The number of nitrogens with zero attached hydrogens (tertiary/aromatic N) is 2. The zero-order valence-corrected chi connectivity index (χ0v) is 15.8. The highest BCUT2D eigenvalue weighted by molar-refractivity contribution is 5.81. The lowest BCUT2D eigenvalue weighted by Gasteiger charge is -2.38. The lowest BCUT2D eigenvalue weighted by molar-refractivity contribution is -0.126. The minimum atomic E-state index is -0.295. The Morgan fingerprint density at radius 3 is 2.48 bits per heavy atom. The second-order valence-corrected chi connectivity index (χ2v) is 6.68. The Balaban J connectivity index is 1.52. The molecular weight excluding hydrogens is 345 g/mol. The first-order valence-electron chi connectivity index (χ1n) is 9.23. The predicted molar refractivity (Wildman–Crippen MR) is 104 cm³/mol. The summed E-state index contributed by atoms with van der Waals surface area (Å²) in [6.45, 7) is 5.32. The third-order valence-electron chi connectivity index (χ3n) is 5.08. The van der Waals surface area contributed by atoms with Crippen molar-refractivity contribution in [2.45, 2.75) is 19.5 Å². The van der Waals surface area contributed by atoms with E-state index in [1.165, 1.54) is 6.07 Å². The lowest BCUT2D eigenvalue weighted by Crippen LogP contribution is -2.54. The second kappa shape index (κ2) is 8.86. The van der Waals surface area contributed by atoms with Crippen molar-refractivity contribution in [2.75, 3.05) is 38.2 Å². The maximum absolute atomic E-state index is 13.7. The van der Waals surface area contributed by atoms with Gasteiger partial charge in [0.25, 0.3) is 0 Å². The third-order valence-corrected chi connectivity index (χ3v) is 5.08. The first-order chi connectivity index (χ1) is 13.1. The maximum atomic E-state index is 13.7. The average Bonchev–Trinajstić information content (AvgIpc) is 2.72. The number of carbonyl (C=O) groups excluding carboxylic acids is 1. The number of nitrogens with one attached hydrogen (secondary N) is 1. The van der Waals surface area contributed by atoms with E-state index in [2.05, 4.69) is 21.2 Å². The van der Waals surface area contributed by atoms with E-state index in [4.69, 9.17) is 4.74 Å². The number of halogens is 1. The van der Waals surface area contributed by atoms with E-state index in [9.17, 15) is 9.18 Å². The molecule has 0 aromatic heterocycles. The Morgan fingerprint density at radius 1 is 1.11 bits per heavy atom. The smallest absolute Gasteiger partial charge is 0.237 e. The van der Waals surface area contributed by atoms with E-state index in [0.717, 1.165) is 37.6 Å². The number of rotatable bonds is 6. The fourth-order valence-electron chi connectivity index (χ4n) is 3.38. The van der Waals surface area contributed by atoms with E-state index in [1.807, 2.05) is 25.1 Å². The van der Waals surface area contributed by atoms with Gasteiger partial charge in [0.15, 0.2) is 0 Å². The highest BCUT2D eigenvalue weighted by Gasteiger charge is 2.26. The van der Waals surface area contributed by atoms with Crippen LogP contribution in [-0.2, 0) is 11.3 Å². The van der Waals surface area contributed by atoms with Crippen LogP contribution in [-0.4, -0.2) is 50.1 Å². The normalized spacial score (nSPS) is 16.0. The molecule has 1 amide bonds. The van der Waals surface area contributed by atoms with Crippen LogP contribution in [0.3, 0.4) is 0 Å². The van der Waals surface area contributed by atoms with Crippen LogP contribution in [0.25, 0.3) is 0 Å². The quantitative estimate of drug-likeness (QED) is 0.848. The van der Waals surface area contributed by atoms with Gasteiger partial charge in [-0.05, 0) is 25.1 Å². The standard InChI is InChI=1S/C21H26FN3O2/c1-16(21(26)23-15-17-7-3-4-8-18(17)22)24-11-13-25(14-12-24)19-9-5-6-10-20(19)27-2/h3-10,16H,11-15H2,1-2H3,(H,23,26)/t16-/m0/s1. The molecule has 0 aliphatic carbocycles. The van der Waals surface area contributed by atoms with Crippen molar-refractivity contribution in [3.05, 3.63) is 59.9 Å². The van der Waals surface area contributed by atoms with Crippen LogP contribution in [0.15, 0.2) is 48.5 Å². The van der Waals surface area contributed by atoms with Gasteiger partial charge in [-0.25, -0.2) is 4.39 Å². The van der Waals surface area contributed by atoms with Crippen LogP contribution in [0.4, 0.5) is 10.1 Å². The van der Waals surface area contributed by atoms with Gasteiger partial charge >= 0.3 is 0 Å². The van der Waals surface area contributed by atoms with Crippen molar-refractivity contribution >= 4 is 11.6 Å². The maximum Gasteiger partial charge on any atom is 0.237 e. The van der Waals surface area contributed by atoms with E-state index in [1.54, 1.807) is 25.3 Å². The highest BCUT2D eigenvalue weighted by Crippen LogP contribution is 2.28. The van der Waals surface area contributed by atoms with Gasteiger partial charge in [-0.2, -0.15) is 0 Å². The van der Waals surface area contributed by atoms with Gasteiger partial charge in [0, 0.05) is 38.3 Å². The Bertz CT molecular complexity index is 776. The fourth-order valence-corrected chi connectivity index (χ4v) is 3.38. The number of ether oxygens (including phenoxy) is 1. The van der Waals surface area contributed by atoms with Crippen LogP contribution in [0.2, 0.25) is 0 Å². The van der Waals surface area contributed by atoms with Crippen molar-refractivity contribution in [3.8, 4) is 5.75 Å². The topological polar surface area (TPSA) is 44.8 Å². The van der Waals surface area contributed by atoms with Crippen LogP contribution >= 0.6 is 0 Å². The van der Waals surface area contributed by atoms with Gasteiger partial charge in [-0.15, -0.1) is 0 Å².